The van der Waals surface area contributed by atoms with Gasteiger partial charge in [-0.05, 0) is 0 Å². The number of carbonyl (C=O) groups excluding carboxylic acids is 2. The first-order valence-electron chi connectivity index (χ1n) is 3.19. The van der Waals surface area contributed by atoms with E-state index in [2.05, 4.69) is 13.2 Å². The third-order valence-electron chi connectivity index (χ3n) is 0.965. The number of carbonyl (C=O) groups is 1. The minimum atomic E-state index is -0.479. The topological polar surface area (TPSA) is 34.1 Å². The second-order valence-corrected chi connectivity index (χ2v) is 3.71. The molecule has 0 bridgehead atoms. The quantitative estimate of drug-likeness (QED) is 0.614. The number of hydrogen-bond donors (Lipinski definition) is 0. The van der Waals surface area contributed by atoms with Crippen LogP contribution in [0.4, 0.5) is 0 Å². The highest BCUT2D eigenvalue weighted by Gasteiger charge is 2.14. The van der Waals surface area contributed by atoms with E-state index in [-0.39, 0.29) is 5.12 Å². The Balaban J connectivity index is 3.92. The van der Waals surface area contributed by atoms with E-state index in [0.717, 1.165) is 23.5 Å². The average molecular weight is 201 g/mol. The van der Waals surface area contributed by atoms with E-state index in [1.54, 1.807) is 11.7 Å². The van der Waals surface area contributed by atoms with E-state index in [4.69, 9.17) is 0 Å². The molecule has 0 aliphatic carbocycles. The summed E-state index contributed by atoms with van der Waals surface area (Å²) < 4.78 is 0. The molecule has 0 saturated heterocycles. The van der Waals surface area contributed by atoms with E-state index in [1.807, 2.05) is 0 Å². The Labute approximate surface area is 80.5 Å². The lowest BCUT2D eigenvalue weighted by Crippen LogP contribution is -2.10. The van der Waals surface area contributed by atoms with Gasteiger partial charge in [-0.2, -0.15) is 0 Å². The molecular weight excluding hydrogens is 192 g/mol. The Morgan fingerprint density at radius 1 is 1.58 bits per heavy atom. The van der Waals surface area contributed by atoms with Crippen molar-refractivity contribution < 1.29 is 9.59 Å². The molecule has 65 valence electrons. The van der Waals surface area contributed by atoms with Gasteiger partial charge in [0.25, 0.3) is 5.62 Å². The third-order valence-corrected chi connectivity index (χ3v) is 2.81. The molecular formula is C8H9O2S2. The molecule has 0 fully saturated rings. The van der Waals surface area contributed by atoms with Crippen molar-refractivity contribution in [2.75, 3.05) is 5.75 Å². The largest absolute Gasteiger partial charge is 0.286 e. The Hall–Kier alpha value is -0.480. The molecule has 1 radical (unpaired) electrons. The van der Waals surface area contributed by atoms with Gasteiger partial charge in [-0.25, -0.2) is 0 Å². The maximum Gasteiger partial charge on any atom is 0.267 e. The van der Waals surface area contributed by atoms with Gasteiger partial charge < -0.3 is 0 Å². The molecule has 0 heterocycles. The van der Waals surface area contributed by atoms with Gasteiger partial charge in [0.1, 0.15) is 0 Å². The molecule has 12 heavy (non-hydrogen) atoms. The van der Waals surface area contributed by atoms with E-state index < -0.39 is 5.25 Å². The fourth-order valence-electron chi connectivity index (χ4n) is 0.467. The smallest absolute Gasteiger partial charge is 0.267 e. The van der Waals surface area contributed by atoms with Crippen LogP contribution in [-0.4, -0.2) is 21.7 Å². The van der Waals surface area contributed by atoms with Gasteiger partial charge in [-0.1, -0.05) is 35.7 Å². The second kappa shape index (κ2) is 7.18. The predicted molar refractivity (Wildman–Crippen MR) is 54.9 cm³/mol. The van der Waals surface area contributed by atoms with Crippen molar-refractivity contribution in [3.63, 3.8) is 0 Å². The van der Waals surface area contributed by atoms with Gasteiger partial charge in [-0.15, -0.1) is 13.2 Å². The van der Waals surface area contributed by atoms with Crippen LogP contribution in [0.25, 0.3) is 0 Å². The van der Waals surface area contributed by atoms with Crippen molar-refractivity contribution in [3.8, 4) is 0 Å². The van der Waals surface area contributed by atoms with Gasteiger partial charge in [0.15, 0.2) is 0 Å². The lowest BCUT2D eigenvalue weighted by molar-refractivity contribution is -0.109. The predicted octanol–water partition coefficient (Wildman–Crippen LogP) is 1.79. The second-order valence-electron chi connectivity index (χ2n) is 1.78. The van der Waals surface area contributed by atoms with Gasteiger partial charge in [-0.3, -0.25) is 9.59 Å². The Morgan fingerprint density at radius 3 is 2.67 bits per heavy atom. The van der Waals surface area contributed by atoms with Crippen LogP contribution in [0.1, 0.15) is 0 Å². The molecule has 0 aliphatic heterocycles. The summed E-state index contributed by atoms with van der Waals surface area (Å²) >= 11 is 1.93. The summed E-state index contributed by atoms with van der Waals surface area (Å²) in [6, 6.07) is 0. The zero-order valence-electron chi connectivity index (χ0n) is 6.49. The molecule has 0 aromatic heterocycles. The molecule has 2 nitrogen and oxygen atoms in total. The van der Waals surface area contributed by atoms with Crippen molar-refractivity contribution >= 4 is 34.3 Å². The molecule has 0 N–H and O–H groups in total. The molecule has 0 rings (SSSR count). The summed E-state index contributed by atoms with van der Waals surface area (Å²) in [6.07, 6.45) is 3.08. The molecule has 1 atom stereocenters. The van der Waals surface area contributed by atoms with E-state index in [0.29, 0.717) is 5.75 Å². The van der Waals surface area contributed by atoms with Crippen LogP contribution in [0, 0.1) is 0 Å². The fraction of sp³-hybridized carbons (Fsp3) is 0.250. The third kappa shape index (κ3) is 4.41. The van der Waals surface area contributed by atoms with Crippen molar-refractivity contribution in [1.29, 1.82) is 0 Å². The fourth-order valence-corrected chi connectivity index (χ4v) is 1.65. The van der Waals surface area contributed by atoms with Crippen LogP contribution in [0.5, 0.6) is 0 Å². The molecule has 0 spiro atoms. The molecule has 0 amide bonds. The van der Waals surface area contributed by atoms with Gasteiger partial charge in [0, 0.05) is 5.75 Å². The zero-order valence-corrected chi connectivity index (χ0v) is 8.12. The molecule has 0 aliphatic rings. The molecule has 1 unspecified atom stereocenters. The van der Waals surface area contributed by atoms with E-state index in [1.165, 1.54) is 6.08 Å². The van der Waals surface area contributed by atoms with Gasteiger partial charge in [0.05, 0.1) is 5.25 Å². The van der Waals surface area contributed by atoms with Crippen LogP contribution >= 0.6 is 23.5 Å². The summed E-state index contributed by atoms with van der Waals surface area (Å²) in [5, 5.41) is -0.564. The average Bonchev–Trinajstić information content (AvgIpc) is 2.10. The number of rotatable bonds is 6. The standard InChI is InChI=1S/C8H9O2S2/c1-3-5-11-8(10)7(4-2)12-6-9/h3-4,7H,1-2,5H2. The van der Waals surface area contributed by atoms with Crippen LogP contribution in [-0.2, 0) is 9.59 Å². The molecule has 0 saturated carbocycles. The summed E-state index contributed by atoms with van der Waals surface area (Å²) in [4.78, 5) is 21.1. The Kier molecular flexibility index (Phi) is 6.90. The zero-order chi connectivity index (χ0) is 9.40. The highest BCUT2D eigenvalue weighted by molar-refractivity contribution is 8.19. The van der Waals surface area contributed by atoms with E-state index >= 15 is 0 Å². The number of thioether (sulfide) groups is 2. The van der Waals surface area contributed by atoms with Crippen molar-refractivity contribution in [1.82, 2.24) is 0 Å². The molecule has 0 aromatic carbocycles. The van der Waals surface area contributed by atoms with Crippen LogP contribution < -0.4 is 0 Å². The summed E-state index contributed by atoms with van der Waals surface area (Å²) in [7, 11) is 0. The minimum Gasteiger partial charge on any atom is -0.286 e. The number of hydrogen-bond acceptors (Lipinski definition) is 4. The summed E-state index contributed by atoms with van der Waals surface area (Å²) in [5.41, 5.74) is 1.61. The van der Waals surface area contributed by atoms with Crippen LogP contribution in [0.3, 0.4) is 0 Å². The van der Waals surface area contributed by atoms with Crippen molar-refractivity contribution in [3.05, 3.63) is 25.3 Å². The first-order valence-corrected chi connectivity index (χ1v) is 5.05. The first-order chi connectivity index (χ1) is 5.76. The van der Waals surface area contributed by atoms with Crippen LogP contribution in [0.15, 0.2) is 25.3 Å². The lowest BCUT2D eigenvalue weighted by Gasteiger charge is -2.03. The van der Waals surface area contributed by atoms with Crippen molar-refractivity contribution in [2.24, 2.45) is 0 Å². The van der Waals surface area contributed by atoms with E-state index in [9.17, 15) is 9.59 Å². The highest BCUT2D eigenvalue weighted by atomic mass is 32.2. The monoisotopic (exact) mass is 201 g/mol. The van der Waals surface area contributed by atoms with Crippen LogP contribution in [0.2, 0.25) is 0 Å². The SMILES string of the molecule is C=CCSC(=O)C(C=C)S[C]=O. The maximum atomic E-state index is 11.2. The summed E-state index contributed by atoms with van der Waals surface area (Å²) in [5.74, 6) is 0.558. The minimum absolute atomic E-state index is 0.0850. The van der Waals surface area contributed by atoms with Gasteiger partial charge >= 0.3 is 0 Å². The Morgan fingerprint density at radius 2 is 2.25 bits per heavy atom. The van der Waals surface area contributed by atoms with Gasteiger partial charge in [0.2, 0.25) is 5.12 Å². The van der Waals surface area contributed by atoms with Crippen molar-refractivity contribution in [2.45, 2.75) is 5.25 Å². The normalized spacial score (nSPS) is 11.7. The summed E-state index contributed by atoms with van der Waals surface area (Å²) in [6.45, 7) is 6.93. The Bertz CT molecular complexity index is 189. The molecule has 0 aromatic rings. The maximum absolute atomic E-state index is 11.2. The lowest BCUT2D eigenvalue weighted by atomic mass is 10.5. The first kappa shape index (κ1) is 11.5. The molecule has 4 heteroatoms. The highest BCUT2D eigenvalue weighted by Crippen LogP contribution is 2.17.